The van der Waals surface area contributed by atoms with E-state index in [-0.39, 0.29) is 12.3 Å². The molecule has 1 rings (SSSR count). The Morgan fingerprint density at radius 2 is 1.93 bits per heavy atom. The summed E-state index contributed by atoms with van der Waals surface area (Å²) in [7, 11) is -3.13. The van der Waals surface area contributed by atoms with Crippen molar-refractivity contribution in [2.45, 2.75) is 11.8 Å². The fraction of sp³-hybridized carbons (Fsp3) is 0.300. The lowest BCUT2D eigenvalue weighted by atomic mass is 10.3. The van der Waals surface area contributed by atoms with E-state index in [1.54, 1.807) is 31.2 Å². The van der Waals surface area contributed by atoms with Gasteiger partial charge in [-0.15, -0.1) is 0 Å². The number of sulfone groups is 1. The molecule has 0 aliphatic heterocycles. The quantitative estimate of drug-likeness (QED) is 0.785. The third kappa shape index (κ3) is 2.96. The third-order valence-corrected chi connectivity index (χ3v) is 3.72. The van der Waals surface area contributed by atoms with Crippen LogP contribution in [-0.2, 0) is 9.84 Å². The topological polar surface area (TPSA) is 70.0 Å². The number of nitriles is 1. The molecular formula is C10H12N2O2S. The van der Waals surface area contributed by atoms with E-state index in [9.17, 15) is 8.42 Å². The summed E-state index contributed by atoms with van der Waals surface area (Å²) < 4.78 is 22.9. The van der Waals surface area contributed by atoms with Gasteiger partial charge in [-0.25, -0.2) is 8.42 Å². The Morgan fingerprint density at radius 3 is 2.40 bits per heavy atom. The van der Waals surface area contributed by atoms with Crippen LogP contribution in [0.3, 0.4) is 0 Å². The molecule has 5 heteroatoms. The molecule has 0 fully saturated rings. The van der Waals surface area contributed by atoms with Gasteiger partial charge in [0.1, 0.15) is 6.54 Å². The molecule has 0 heterocycles. The second-order valence-electron chi connectivity index (χ2n) is 2.94. The molecule has 0 saturated carbocycles. The largest absolute Gasteiger partial charge is 0.372 e. The van der Waals surface area contributed by atoms with Gasteiger partial charge in [-0.3, -0.25) is 0 Å². The number of benzene rings is 1. The zero-order valence-corrected chi connectivity index (χ0v) is 9.21. The summed E-state index contributed by atoms with van der Waals surface area (Å²) in [6.07, 6.45) is 0. The molecule has 0 atom stereocenters. The predicted octanol–water partition coefficient (Wildman–Crippen LogP) is 1.42. The molecule has 0 aromatic heterocycles. The molecule has 0 amide bonds. The van der Waals surface area contributed by atoms with Gasteiger partial charge in [-0.05, 0) is 24.3 Å². The van der Waals surface area contributed by atoms with Crippen LogP contribution in [0.1, 0.15) is 6.92 Å². The summed E-state index contributed by atoms with van der Waals surface area (Å²) in [5.41, 5.74) is 0.742. The van der Waals surface area contributed by atoms with Crippen molar-refractivity contribution in [1.29, 1.82) is 5.26 Å². The van der Waals surface area contributed by atoms with E-state index in [1.165, 1.54) is 0 Å². The van der Waals surface area contributed by atoms with E-state index in [1.807, 2.05) is 6.07 Å². The first-order chi connectivity index (χ1) is 7.10. The van der Waals surface area contributed by atoms with Crippen molar-refractivity contribution in [1.82, 2.24) is 0 Å². The SMILES string of the molecule is CCS(=O)(=O)c1ccc(NCC#N)cc1. The van der Waals surface area contributed by atoms with Gasteiger partial charge in [0.25, 0.3) is 0 Å². The van der Waals surface area contributed by atoms with Gasteiger partial charge in [-0.2, -0.15) is 5.26 Å². The number of nitrogens with one attached hydrogen (secondary N) is 1. The molecule has 0 radical (unpaired) electrons. The molecule has 0 aliphatic rings. The molecule has 0 saturated heterocycles. The normalized spacial score (nSPS) is 10.7. The van der Waals surface area contributed by atoms with Crippen molar-refractivity contribution < 1.29 is 8.42 Å². The molecule has 0 unspecified atom stereocenters. The molecule has 0 aliphatic carbocycles. The second kappa shape index (κ2) is 4.80. The van der Waals surface area contributed by atoms with Crippen LogP contribution in [0.25, 0.3) is 0 Å². The molecule has 0 spiro atoms. The summed E-state index contributed by atoms with van der Waals surface area (Å²) in [5, 5.41) is 11.2. The van der Waals surface area contributed by atoms with E-state index in [0.717, 1.165) is 5.69 Å². The van der Waals surface area contributed by atoms with Crippen molar-refractivity contribution in [3.8, 4) is 6.07 Å². The zero-order chi connectivity index (χ0) is 11.3. The summed E-state index contributed by atoms with van der Waals surface area (Å²) in [4.78, 5) is 0.313. The Hall–Kier alpha value is -1.54. The summed E-state index contributed by atoms with van der Waals surface area (Å²) in [6, 6.07) is 8.33. The lowest BCUT2D eigenvalue weighted by molar-refractivity contribution is 0.597. The highest BCUT2D eigenvalue weighted by molar-refractivity contribution is 7.91. The fourth-order valence-electron chi connectivity index (χ4n) is 1.09. The monoisotopic (exact) mass is 224 g/mol. The first kappa shape index (κ1) is 11.5. The average Bonchev–Trinajstić information content (AvgIpc) is 2.27. The van der Waals surface area contributed by atoms with Gasteiger partial charge in [0.05, 0.1) is 16.7 Å². The summed E-state index contributed by atoms with van der Waals surface area (Å²) >= 11 is 0. The number of hydrogen-bond donors (Lipinski definition) is 1. The van der Waals surface area contributed by atoms with E-state index in [2.05, 4.69) is 5.32 Å². The summed E-state index contributed by atoms with van der Waals surface area (Å²) in [5.74, 6) is 0.0952. The van der Waals surface area contributed by atoms with Crippen molar-refractivity contribution in [3.63, 3.8) is 0 Å². The maximum atomic E-state index is 11.5. The van der Waals surface area contributed by atoms with Crippen molar-refractivity contribution in [2.75, 3.05) is 17.6 Å². The van der Waals surface area contributed by atoms with Gasteiger partial charge < -0.3 is 5.32 Å². The Balaban J connectivity index is 2.87. The molecule has 80 valence electrons. The molecule has 1 aromatic carbocycles. The van der Waals surface area contributed by atoms with Crippen LogP contribution in [0.4, 0.5) is 5.69 Å². The molecule has 1 aromatic rings. The minimum Gasteiger partial charge on any atom is -0.372 e. The van der Waals surface area contributed by atoms with Crippen molar-refractivity contribution in [3.05, 3.63) is 24.3 Å². The molecular weight excluding hydrogens is 212 g/mol. The van der Waals surface area contributed by atoms with E-state index in [0.29, 0.717) is 4.90 Å². The Kier molecular flexibility index (Phi) is 3.69. The van der Waals surface area contributed by atoms with Gasteiger partial charge in [0, 0.05) is 5.69 Å². The number of anilines is 1. The lowest BCUT2D eigenvalue weighted by Gasteiger charge is -2.04. The third-order valence-electron chi connectivity index (χ3n) is 1.97. The molecule has 15 heavy (non-hydrogen) atoms. The highest BCUT2D eigenvalue weighted by atomic mass is 32.2. The van der Waals surface area contributed by atoms with Crippen molar-refractivity contribution >= 4 is 15.5 Å². The van der Waals surface area contributed by atoms with Gasteiger partial charge in [-0.1, -0.05) is 6.92 Å². The maximum Gasteiger partial charge on any atom is 0.178 e. The number of nitrogens with zero attached hydrogens (tertiary/aromatic N) is 1. The van der Waals surface area contributed by atoms with Gasteiger partial charge in [0.2, 0.25) is 0 Å². The van der Waals surface area contributed by atoms with E-state index >= 15 is 0 Å². The molecule has 1 N–H and O–H groups in total. The predicted molar refractivity (Wildman–Crippen MR) is 58.3 cm³/mol. The van der Waals surface area contributed by atoms with Crippen LogP contribution < -0.4 is 5.32 Å². The average molecular weight is 224 g/mol. The van der Waals surface area contributed by atoms with Crippen LogP contribution in [0.15, 0.2) is 29.2 Å². The van der Waals surface area contributed by atoms with Crippen LogP contribution in [0.5, 0.6) is 0 Å². The molecule has 4 nitrogen and oxygen atoms in total. The highest BCUT2D eigenvalue weighted by Crippen LogP contribution is 2.14. The minimum absolute atomic E-state index is 0.0952. The van der Waals surface area contributed by atoms with Crippen LogP contribution >= 0.6 is 0 Å². The minimum atomic E-state index is -3.13. The van der Waals surface area contributed by atoms with Crippen LogP contribution in [0.2, 0.25) is 0 Å². The first-order valence-electron chi connectivity index (χ1n) is 4.54. The number of rotatable bonds is 4. The highest BCUT2D eigenvalue weighted by Gasteiger charge is 2.10. The summed E-state index contributed by atoms with van der Waals surface area (Å²) in [6.45, 7) is 1.82. The zero-order valence-electron chi connectivity index (χ0n) is 8.40. The number of hydrogen-bond acceptors (Lipinski definition) is 4. The van der Waals surface area contributed by atoms with Crippen LogP contribution in [-0.4, -0.2) is 20.7 Å². The van der Waals surface area contributed by atoms with Gasteiger partial charge in [0.15, 0.2) is 9.84 Å². The van der Waals surface area contributed by atoms with E-state index in [4.69, 9.17) is 5.26 Å². The Morgan fingerprint density at radius 1 is 1.33 bits per heavy atom. The second-order valence-corrected chi connectivity index (χ2v) is 5.22. The maximum absolute atomic E-state index is 11.5. The van der Waals surface area contributed by atoms with Gasteiger partial charge >= 0.3 is 0 Å². The first-order valence-corrected chi connectivity index (χ1v) is 6.19. The Bertz CT molecular complexity index is 457. The van der Waals surface area contributed by atoms with Crippen molar-refractivity contribution in [2.24, 2.45) is 0 Å². The fourth-order valence-corrected chi connectivity index (χ4v) is 1.97. The van der Waals surface area contributed by atoms with Crippen LogP contribution in [0, 0.1) is 11.3 Å². The molecule has 0 bridgehead atoms. The van der Waals surface area contributed by atoms with E-state index < -0.39 is 9.84 Å². The smallest absolute Gasteiger partial charge is 0.178 e. The standard InChI is InChI=1S/C10H12N2O2S/c1-2-15(13,14)10-5-3-9(4-6-10)12-8-7-11/h3-6,12H,2,8H2,1H3. The lowest BCUT2D eigenvalue weighted by Crippen LogP contribution is -2.04. The Labute approximate surface area is 89.5 Å².